The molecule has 0 aliphatic carbocycles. The molecule has 4 rings (SSSR count). The van der Waals surface area contributed by atoms with Gasteiger partial charge in [-0.1, -0.05) is 11.6 Å². The number of carbonyl (C=O) groups excluding carboxylic acids is 1. The molecule has 2 aromatic heterocycles. The molecule has 1 amide bonds. The number of nitrogens with zero attached hydrogens (tertiary/aromatic N) is 4. The molecular formula is C21H25N5O. The summed E-state index contributed by atoms with van der Waals surface area (Å²) in [6.07, 6.45) is 7.65. The molecule has 0 bridgehead atoms. The van der Waals surface area contributed by atoms with Crippen LogP contribution in [0.1, 0.15) is 35.7 Å². The number of amides is 1. The van der Waals surface area contributed by atoms with E-state index in [0.717, 1.165) is 37.3 Å². The van der Waals surface area contributed by atoms with Crippen molar-refractivity contribution in [2.75, 3.05) is 18.0 Å². The van der Waals surface area contributed by atoms with Gasteiger partial charge < -0.3 is 15.2 Å². The summed E-state index contributed by atoms with van der Waals surface area (Å²) in [5, 5.41) is 1.20. The first-order valence-corrected chi connectivity index (χ1v) is 9.43. The highest BCUT2D eigenvalue weighted by Crippen LogP contribution is 2.34. The lowest BCUT2D eigenvalue weighted by molar-refractivity contribution is -0.118. The number of hydrogen-bond acceptors (Lipinski definition) is 4. The minimum atomic E-state index is -0.340. The van der Waals surface area contributed by atoms with Gasteiger partial charge in [-0.05, 0) is 44.4 Å². The van der Waals surface area contributed by atoms with Crippen LogP contribution in [0.15, 0.2) is 36.8 Å². The minimum Gasteiger partial charge on any atom is -0.370 e. The summed E-state index contributed by atoms with van der Waals surface area (Å²) in [4.78, 5) is 22.9. The Balaban J connectivity index is 1.67. The molecule has 0 radical (unpaired) electrons. The molecule has 1 fully saturated rings. The lowest BCUT2D eigenvalue weighted by atomic mass is 9.95. The van der Waals surface area contributed by atoms with Gasteiger partial charge in [0.2, 0.25) is 5.91 Å². The van der Waals surface area contributed by atoms with E-state index in [1.54, 1.807) is 6.20 Å². The second kappa shape index (κ2) is 7.02. The Kier molecular flexibility index (Phi) is 4.56. The predicted molar refractivity (Wildman–Crippen MR) is 107 cm³/mol. The maximum Gasteiger partial charge on any atom is 0.237 e. The largest absolute Gasteiger partial charge is 0.370 e. The van der Waals surface area contributed by atoms with Gasteiger partial charge in [0.05, 0.1) is 5.52 Å². The molecule has 1 aromatic carbocycles. The molecular weight excluding hydrogens is 338 g/mol. The fourth-order valence-electron chi connectivity index (χ4n) is 4.26. The second-order valence-corrected chi connectivity index (χ2v) is 7.47. The number of piperidine rings is 1. The first-order valence-electron chi connectivity index (χ1n) is 9.43. The van der Waals surface area contributed by atoms with E-state index in [4.69, 9.17) is 5.73 Å². The Bertz CT molecular complexity index is 993. The number of fused-ring (bicyclic) bond motifs is 1. The van der Waals surface area contributed by atoms with Gasteiger partial charge in [0.25, 0.3) is 0 Å². The Morgan fingerprint density at radius 3 is 2.93 bits per heavy atom. The van der Waals surface area contributed by atoms with Crippen LogP contribution in [0.25, 0.3) is 10.9 Å². The Morgan fingerprint density at radius 2 is 2.11 bits per heavy atom. The van der Waals surface area contributed by atoms with Crippen molar-refractivity contribution < 1.29 is 4.79 Å². The highest BCUT2D eigenvalue weighted by Gasteiger charge is 2.26. The topological polar surface area (TPSA) is 77.0 Å². The van der Waals surface area contributed by atoms with Gasteiger partial charge in [0, 0.05) is 48.7 Å². The van der Waals surface area contributed by atoms with Crippen LogP contribution < -0.4 is 10.6 Å². The average Bonchev–Trinajstić information content (AvgIpc) is 3.08. The predicted octanol–water partition coefficient (Wildman–Crippen LogP) is 2.92. The summed E-state index contributed by atoms with van der Waals surface area (Å²) in [6.45, 7) is 6.32. The monoisotopic (exact) mass is 363 g/mol. The molecule has 1 atom stereocenters. The Morgan fingerprint density at radius 1 is 1.26 bits per heavy atom. The van der Waals surface area contributed by atoms with Crippen molar-refractivity contribution in [3.05, 3.63) is 53.7 Å². The van der Waals surface area contributed by atoms with Crippen molar-refractivity contribution >= 4 is 22.5 Å². The van der Waals surface area contributed by atoms with Gasteiger partial charge in [0.1, 0.15) is 12.4 Å². The fourth-order valence-corrected chi connectivity index (χ4v) is 4.26. The van der Waals surface area contributed by atoms with Gasteiger partial charge in [-0.25, -0.2) is 4.98 Å². The average molecular weight is 363 g/mol. The van der Waals surface area contributed by atoms with Crippen LogP contribution in [0.4, 0.5) is 5.69 Å². The summed E-state index contributed by atoms with van der Waals surface area (Å²) >= 11 is 0. The molecule has 1 aliphatic rings. The van der Waals surface area contributed by atoms with Crippen LogP contribution in [0.5, 0.6) is 0 Å². The van der Waals surface area contributed by atoms with Crippen LogP contribution in [0.3, 0.4) is 0 Å². The number of primary amides is 1. The van der Waals surface area contributed by atoms with Crippen molar-refractivity contribution in [3.63, 3.8) is 0 Å². The van der Waals surface area contributed by atoms with E-state index in [2.05, 4.69) is 46.9 Å². The highest BCUT2D eigenvalue weighted by molar-refractivity contribution is 5.94. The Labute approximate surface area is 159 Å². The number of imidazole rings is 1. The highest BCUT2D eigenvalue weighted by atomic mass is 16.1. The molecule has 1 aliphatic heterocycles. The maximum absolute atomic E-state index is 11.4. The van der Waals surface area contributed by atoms with Crippen molar-refractivity contribution in [1.82, 2.24) is 14.5 Å². The number of carbonyl (C=O) groups is 1. The van der Waals surface area contributed by atoms with E-state index in [0.29, 0.717) is 0 Å². The van der Waals surface area contributed by atoms with E-state index in [1.165, 1.54) is 22.2 Å². The van der Waals surface area contributed by atoms with E-state index in [1.807, 2.05) is 17.0 Å². The van der Waals surface area contributed by atoms with E-state index < -0.39 is 0 Å². The zero-order chi connectivity index (χ0) is 19.0. The molecule has 27 heavy (non-hydrogen) atoms. The zero-order valence-electron chi connectivity index (χ0n) is 15.9. The van der Waals surface area contributed by atoms with Crippen molar-refractivity contribution in [1.29, 1.82) is 0 Å². The normalized spacial score (nSPS) is 17.4. The summed E-state index contributed by atoms with van der Waals surface area (Å²) in [7, 11) is 0. The third-order valence-electron chi connectivity index (χ3n) is 5.36. The molecule has 3 heterocycles. The van der Waals surface area contributed by atoms with Crippen LogP contribution in [-0.4, -0.2) is 33.5 Å². The number of nitrogens with two attached hydrogens (primary N) is 1. The summed E-state index contributed by atoms with van der Waals surface area (Å²) < 4.78 is 1.88. The quantitative estimate of drug-likeness (QED) is 0.773. The standard InChI is InChI=1S/C21H25N5O/c1-14-10-15(2)20-17(11-14)18(5-6-23-20)25-8-3-4-16(12-25)21-24-7-9-26(21)13-19(22)27/h5-7,9-11,16H,3-4,8,12-13H2,1-2H3,(H2,22,27)/t16-/m0/s1. The molecule has 140 valence electrons. The first kappa shape index (κ1) is 17.5. The third-order valence-corrected chi connectivity index (χ3v) is 5.36. The van der Waals surface area contributed by atoms with E-state index >= 15 is 0 Å². The van der Waals surface area contributed by atoms with Crippen LogP contribution >= 0.6 is 0 Å². The van der Waals surface area contributed by atoms with E-state index in [9.17, 15) is 4.79 Å². The van der Waals surface area contributed by atoms with Gasteiger partial charge in [-0.3, -0.25) is 9.78 Å². The van der Waals surface area contributed by atoms with Gasteiger partial charge in [0.15, 0.2) is 0 Å². The minimum absolute atomic E-state index is 0.183. The fraction of sp³-hybridized carbons (Fsp3) is 0.381. The second-order valence-electron chi connectivity index (χ2n) is 7.47. The van der Waals surface area contributed by atoms with Crippen LogP contribution in [-0.2, 0) is 11.3 Å². The molecule has 0 saturated carbocycles. The molecule has 2 N–H and O–H groups in total. The van der Waals surface area contributed by atoms with Crippen LogP contribution in [0, 0.1) is 13.8 Å². The van der Waals surface area contributed by atoms with Crippen molar-refractivity contribution in [2.24, 2.45) is 5.73 Å². The number of aromatic nitrogens is 3. The number of pyridine rings is 1. The zero-order valence-corrected chi connectivity index (χ0v) is 15.9. The van der Waals surface area contributed by atoms with Gasteiger partial charge >= 0.3 is 0 Å². The lowest BCUT2D eigenvalue weighted by Crippen LogP contribution is -2.36. The first-order chi connectivity index (χ1) is 13.0. The SMILES string of the molecule is Cc1cc(C)c2nccc(N3CCC[C@H](c4nccn4CC(N)=O)C3)c2c1. The number of benzene rings is 1. The molecule has 6 nitrogen and oxygen atoms in total. The molecule has 3 aromatic rings. The van der Waals surface area contributed by atoms with Gasteiger partial charge in [-0.15, -0.1) is 0 Å². The number of rotatable bonds is 4. The molecule has 0 spiro atoms. The summed E-state index contributed by atoms with van der Waals surface area (Å²) in [5.41, 5.74) is 10.1. The van der Waals surface area contributed by atoms with Crippen molar-refractivity contribution in [2.45, 2.75) is 39.2 Å². The third kappa shape index (κ3) is 3.39. The molecule has 1 saturated heterocycles. The van der Waals surface area contributed by atoms with Crippen LogP contribution in [0.2, 0.25) is 0 Å². The molecule has 0 unspecified atom stereocenters. The van der Waals surface area contributed by atoms with Gasteiger partial charge in [-0.2, -0.15) is 0 Å². The Hall–Kier alpha value is -2.89. The summed E-state index contributed by atoms with van der Waals surface area (Å²) in [6, 6.07) is 6.51. The lowest BCUT2D eigenvalue weighted by Gasteiger charge is -2.35. The number of anilines is 1. The summed E-state index contributed by atoms with van der Waals surface area (Å²) in [5.74, 6) is 0.888. The smallest absolute Gasteiger partial charge is 0.237 e. The number of aryl methyl sites for hydroxylation is 2. The van der Waals surface area contributed by atoms with Crippen molar-refractivity contribution in [3.8, 4) is 0 Å². The molecule has 6 heteroatoms. The van der Waals surface area contributed by atoms with E-state index in [-0.39, 0.29) is 18.4 Å². The maximum atomic E-state index is 11.4. The number of hydrogen-bond donors (Lipinski definition) is 1.